The third kappa shape index (κ3) is 5.20. The molecule has 1 aromatic rings. The van der Waals surface area contributed by atoms with E-state index in [9.17, 15) is 4.39 Å². The number of nitrogens with one attached hydrogen (secondary N) is 2. The van der Waals surface area contributed by atoms with Crippen LogP contribution in [0.1, 0.15) is 25.8 Å². The van der Waals surface area contributed by atoms with Crippen LogP contribution >= 0.6 is 39.9 Å². The Bertz CT molecular complexity index is 481. The maximum atomic E-state index is 13.2. The predicted molar refractivity (Wildman–Crippen MR) is 95.0 cm³/mol. The smallest absolute Gasteiger partial charge is 0.191 e. The van der Waals surface area contributed by atoms with Gasteiger partial charge in [-0.3, -0.25) is 0 Å². The van der Waals surface area contributed by atoms with E-state index in [1.165, 1.54) is 18.6 Å². The zero-order valence-corrected chi connectivity index (χ0v) is 15.5. The number of aliphatic imine (C=N–C) groups is 1. The summed E-state index contributed by atoms with van der Waals surface area (Å²) in [6, 6.07) is 5.18. The molecule has 0 amide bonds. The summed E-state index contributed by atoms with van der Waals surface area (Å²) in [5.74, 6) is 1.28. The Morgan fingerprint density at radius 1 is 1.50 bits per heavy atom. The summed E-state index contributed by atoms with van der Waals surface area (Å²) in [5.41, 5.74) is 0.848. The van der Waals surface area contributed by atoms with Crippen LogP contribution in [0.4, 0.5) is 4.39 Å². The first-order valence-electron chi connectivity index (χ1n) is 6.59. The molecule has 1 aliphatic rings. The molecule has 1 aliphatic carbocycles. The third-order valence-corrected chi connectivity index (χ3v) is 3.96. The summed E-state index contributed by atoms with van der Waals surface area (Å²) in [7, 11) is 0. The van der Waals surface area contributed by atoms with Crippen molar-refractivity contribution in [2.24, 2.45) is 10.9 Å². The first-order valence-corrected chi connectivity index (χ1v) is 7.38. The van der Waals surface area contributed by atoms with E-state index in [1.807, 2.05) is 6.92 Å². The molecule has 0 spiro atoms. The van der Waals surface area contributed by atoms with Crippen molar-refractivity contribution in [1.29, 1.82) is 0 Å². The maximum Gasteiger partial charge on any atom is 0.191 e. The lowest BCUT2D eigenvalue weighted by Crippen LogP contribution is -2.39. The molecule has 0 bridgehead atoms. The molecule has 2 atom stereocenters. The van der Waals surface area contributed by atoms with Gasteiger partial charge in [0, 0.05) is 17.1 Å². The molecule has 0 aromatic heterocycles. The molecule has 6 heteroatoms. The topological polar surface area (TPSA) is 36.4 Å². The number of nitrogens with zero attached hydrogens (tertiary/aromatic N) is 1. The Balaban J connectivity index is 0.00000200. The van der Waals surface area contributed by atoms with E-state index in [0.29, 0.717) is 18.5 Å². The first-order chi connectivity index (χ1) is 9.10. The molecule has 1 aromatic carbocycles. The molecular weight excluding hydrogens is 436 g/mol. The van der Waals surface area contributed by atoms with Gasteiger partial charge in [0.15, 0.2) is 5.96 Å². The zero-order valence-electron chi connectivity index (χ0n) is 11.6. The molecule has 1 saturated carbocycles. The normalized spacial score (nSPS) is 21.1. The standard InChI is InChI=1S/C14H19BrFN3.HI/c1-3-17-14(19-13-6-9(13)2)18-8-10-7-11(16)4-5-12(10)15;/h4-5,7,9,13H,3,6,8H2,1-2H3,(H2,17,18,19);1H. The minimum Gasteiger partial charge on any atom is -0.357 e. The van der Waals surface area contributed by atoms with E-state index in [2.05, 4.69) is 38.5 Å². The summed E-state index contributed by atoms with van der Waals surface area (Å²) in [5, 5.41) is 6.58. The van der Waals surface area contributed by atoms with Gasteiger partial charge < -0.3 is 10.6 Å². The average molecular weight is 456 g/mol. The van der Waals surface area contributed by atoms with Crippen LogP contribution in [0, 0.1) is 11.7 Å². The molecule has 2 rings (SSSR count). The summed E-state index contributed by atoms with van der Waals surface area (Å²) in [6.07, 6.45) is 1.19. The Morgan fingerprint density at radius 2 is 2.20 bits per heavy atom. The highest BCUT2D eigenvalue weighted by Crippen LogP contribution is 2.28. The molecule has 3 nitrogen and oxygen atoms in total. The lowest BCUT2D eigenvalue weighted by atomic mass is 10.2. The van der Waals surface area contributed by atoms with Crippen LogP contribution in [0.15, 0.2) is 27.7 Å². The van der Waals surface area contributed by atoms with Crippen LogP contribution in [0.3, 0.4) is 0 Å². The van der Waals surface area contributed by atoms with Gasteiger partial charge in [-0.1, -0.05) is 22.9 Å². The number of rotatable bonds is 4. The van der Waals surface area contributed by atoms with E-state index in [-0.39, 0.29) is 29.8 Å². The fourth-order valence-electron chi connectivity index (χ4n) is 1.85. The summed E-state index contributed by atoms with van der Waals surface area (Å²) in [6.45, 7) is 5.52. The van der Waals surface area contributed by atoms with Crippen LogP contribution < -0.4 is 10.6 Å². The zero-order chi connectivity index (χ0) is 13.8. The Morgan fingerprint density at radius 3 is 2.80 bits per heavy atom. The van der Waals surface area contributed by atoms with Crippen molar-refractivity contribution in [3.05, 3.63) is 34.1 Å². The summed E-state index contributed by atoms with van der Waals surface area (Å²) in [4.78, 5) is 4.50. The van der Waals surface area contributed by atoms with Crippen LogP contribution in [0.2, 0.25) is 0 Å². The summed E-state index contributed by atoms with van der Waals surface area (Å²) < 4.78 is 14.1. The van der Waals surface area contributed by atoms with Gasteiger partial charge in [-0.05, 0) is 43.0 Å². The van der Waals surface area contributed by atoms with Gasteiger partial charge in [0.1, 0.15) is 5.82 Å². The number of hydrogen-bond acceptors (Lipinski definition) is 1. The maximum absolute atomic E-state index is 13.2. The van der Waals surface area contributed by atoms with E-state index in [1.54, 1.807) is 6.07 Å². The number of halogens is 3. The largest absolute Gasteiger partial charge is 0.357 e. The Hall–Kier alpha value is -0.370. The van der Waals surface area contributed by atoms with Gasteiger partial charge in [0.2, 0.25) is 0 Å². The van der Waals surface area contributed by atoms with Crippen LogP contribution in [-0.2, 0) is 6.54 Å². The third-order valence-electron chi connectivity index (χ3n) is 3.19. The van der Waals surface area contributed by atoms with E-state index >= 15 is 0 Å². The van der Waals surface area contributed by atoms with Crippen LogP contribution in [0.25, 0.3) is 0 Å². The van der Waals surface area contributed by atoms with Gasteiger partial charge >= 0.3 is 0 Å². The fourth-order valence-corrected chi connectivity index (χ4v) is 2.22. The second kappa shape index (κ2) is 8.17. The van der Waals surface area contributed by atoms with E-state index < -0.39 is 0 Å². The fraction of sp³-hybridized carbons (Fsp3) is 0.500. The van der Waals surface area contributed by atoms with Gasteiger partial charge in [-0.25, -0.2) is 9.38 Å². The monoisotopic (exact) mass is 455 g/mol. The van der Waals surface area contributed by atoms with Crippen LogP contribution in [-0.4, -0.2) is 18.5 Å². The highest BCUT2D eigenvalue weighted by molar-refractivity contribution is 14.0. The number of benzene rings is 1. The highest BCUT2D eigenvalue weighted by Gasteiger charge is 2.33. The first kappa shape index (κ1) is 17.7. The number of guanidine groups is 1. The van der Waals surface area contributed by atoms with Gasteiger partial charge in [0.05, 0.1) is 6.54 Å². The quantitative estimate of drug-likeness (QED) is 0.413. The van der Waals surface area contributed by atoms with Gasteiger partial charge in [0.25, 0.3) is 0 Å². The second-order valence-electron chi connectivity index (χ2n) is 4.89. The van der Waals surface area contributed by atoms with E-state index in [0.717, 1.165) is 22.5 Å². The average Bonchev–Trinajstić information content (AvgIpc) is 3.06. The van der Waals surface area contributed by atoms with Crippen molar-refractivity contribution in [1.82, 2.24) is 10.6 Å². The SMILES string of the molecule is CCNC(=NCc1cc(F)ccc1Br)NC1CC1C.I. The Labute approximate surface area is 145 Å². The van der Waals surface area contributed by atoms with Gasteiger partial charge in [-0.15, -0.1) is 24.0 Å². The second-order valence-corrected chi connectivity index (χ2v) is 5.75. The lowest BCUT2D eigenvalue weighted by molar-refractivity contribution is 0.625. The number of hydrogen-bond donors (Lipinski definition) is 2. The van der Waals surface area contributed by atoms with Crippen molar-refractivity contribution in [3.63, 3.8) is 0 Å². The van der Waals surface area contributed by atoms with Crippen molar-refractivity contribution >= 4 is 45.9 Å². The molecule has 0 aliphatic heterocycles. The minimum absolute atomic E-state index is 0. The predicted octanol–water partition coefficient (Wildman–Crippen LogP) is 3.67. The molecule has 0 radical (unpaired) electrons. The molecule has 112 valence electrons. The van der Waals surface area contributed by atoms with Crippen molar-refractivity contribution in [2.45, 2.75) is 32.9 Å². The highest BCUT2D eigenvalue weighted by atomic mass is 127. The molecule has 0 saturated heterocycles. The van der Waals surface area contributed by atoms with Crippen molar-refractivity contribution in [3.8, 4) is 0 Å². The molecule has 20 heavy (non-hydrogen) atoms. The van der Waals surface area contributed by atoms with Crippen LogP contribution in [0.5, 0.6) is 0 Å². The molecule has 1 fully saturated rings. The Kier molecular flexibility index (Phi) is 7.22. The minimum atomic E-state index is -0.234. The molecule has 0 heterocycles. The van der Waals surface area contributed by atoms with Crippen molar-refractivity contribution in [2.75, 3.05) is 6.54 Å². The van der Waals surface area contributed by atoms with Crippen molar-refractivity contribution < 1.29 is 4.39 Å². The van der Waals surface area contributed by atoms with E-state index in [4.69, 9.17) is 0 Å². The molecular formula is C14H20BrFIN3. The van der Waals surface area contributed by atoms with Gasteiger partial charge in [-0.2, -0.15) is 0 Å². The molecule has 2 unspecified atom stereocenters. The summed E-state index contributed by atoms with van der Waals surface area (Å²) >= 11 is 3.42. The lowest BCUT2D eigenvalue weighted by Gasteiger charge is -2.11. The molecule has 2 N–H and O–H groups in total.